The van der Waals surface area contributed by atoms with E-state index in [0.29, 0.717) is 24.5 Å². The van der Waals surface area contributed by atoms with E-state index in [1.165, 1.54) is 17.2 Å². The maximum atomic E-state index is 13.2. The zero-order valence-corrected chi connectivity index (χ0v) is 18.6. The number of aliphatic hydroxyl groups is 1. The van der Waals surface area contributed by atoms with Crippen molar-refractivity contribution in [1.29, 1.82) is 0 Å². The fraction of sp³-hybridized carbons (Fsp3) is 0.259. The van der Waals surface area contributed by atoms with Crippen molar-refractivity contribution in [1.82, 2.24) is 4.90 Å². The van der Waals surface area contributed by atoms with Crippen molar-refractivity contribution in [3.8, 4) is 5.75 Å². The number of ether oxygens (including phenoxy) is 2. The van der Waals surface area contributed by atoms with Crippen LogP contribution in [0.15, 0.2) is 88.7 Å². The summed E-state index contributed by atoms with van der Waals surface area (Å²) in [5.41, 5.74) is 1.75. The number of benzene rings is 2. The summed E-state index contributed by atoms with van der Waals surface area (Å²) in [6.07, 6.45) is 3.00. The van der Waals surface area contributed by atoms with Gasteiger partial charge in [-0.25, -0.2) is 0 Å². The molecule has 0 bridgehead atoms. The van der Waals surface area contributed by atoms with Gasteiger partial charge in [-0.2, -0.15) is 0 Å². The third-order valence-corrected chi connectivity index (χ3v) is 6.16. The molecule has 7 nitrogen and oxygen atoms in total. The summed E-state index contributed by atoms with van der Waals surface area (Å²) in [4.78, 5) is 27.8. The van der Waals surface area contributed by atoms with Crippen LogP contribution in [0.3, 0.4) is 0 Å². The summed E-state index contributed by atoms with van der Waals surface area (Å²) < 4.78 is 16.9. The van der Waals surface area contributed by atoms with E-state index in [0.717, 1.165) is 18.4 Å². The fourth-order valence-electron chi connectivity index (χ4n) is 4.46. The van der Waals surface area contributed by atoms with E-state index < -0.39 is 23.5 Å². The summed E-state index contributed by atoms with van der Waals surface area (Å²) in [6, 6.07) is 19.4. The molecule has 34 heavy (non-hydrogen) atoms. The van der Waals surface area contributed by atoms with E-state index in [4.69, 9.17) is 13.9 Å². The van der Waals surface area contributed by atoms with Gasteiger partial charge in [0.2, 0.25) is 5.78 Å². The van der Waals surface area contributed by atoms with E-state index in [1.54, 1.807) is 18.2 Å². The highest BCUT2D eigenvalue weighted by Gasteiger charge is 2.45. The molecule has 2 unspecified atom stereocenters. The van der Waals surface area contributed by atoms with Gasteiger partial charge >= 0.3 is 0 Å². The van der Waals surface area contributed by atoms with Gasteiger partial charge in [-0.15, -0.1) is 0 Å². The first-order valence-corrected chi connectivity index (χ1v) is 11.3. The minimum absolute atomic E-state index is 0.0101. The predicted molar refractivity (Wildman–Crippen MR) is 123 cm³/mol. The maximum absolute atomic E-state index is 13.2. The van der Waals surface area contributed by atoms with E-state index in [-0.39, 0.29) is 24.0 Å². The quantitative estimate of drug-likeness (QED) is 0.495. The second kappa shape index (κ2) is 9.57. The van der Waals surface area contributed by atoms with Crippen LogP contribution in [-0.2, 0) is 16.1 Å². The molecule has 1 amide bonds. The van der Waals surface area contributed by atoms with Gasteiger partial charge in [0.05, 0.1) is 24.0 Å². The van der Waals surface area contributed by atoms with Crippen molar-refractivity contribution in [2.45, 2.75) is 31.6 Å². The molecule has 1 fully saturated rings. The van der Waals surface area contributed by atoms with Gasteiger partial charge in [0.1, 0.15) is 12.4 Å². The van der Waals surface area contributed by atoms with Crippen LogP contribution in [-0.4, -0.2) is 41.0 Å². The lowest BCUT2D eigenvalue weighted by molar-refractivity contribution is -0.131. The molecular weight excluding hydrogens is 434 g/mol. The SMILES string of the molecule is O=C(C1=C(O)C(=O)N(CC2CCCO2)C1c1ccc(OCc2ccccc2)cc1)c1ccco1. The zero-order chi connectivity index (χ0) is 23.5. The molecule has 5 rings (SSSR count). The molecule has 0 aliphatic carbocycles. The average molecular weight is 459 g/mol. The molecule has 0 radical (unpaired) electrons. The molecule has 7 heteroatoms. The van der Waals surface area contributed by atoms with Crippen molar-refractivity contribution in [3.05, 3.63) is 101 Å². The standard InChI is InChI=1S/C27H25NO6/c29-25(22-9-5-15-33-22)23-24(28(27(31)26(23)30)16-21-8-4-14-32-21)19-10-12-20(13-11-19)34-17-18-6-2-1-3-7-18/h1-3,5-7,9-13,15,21,24,30H,4,8,14,16-17H2. The minimum Gasteiger partial charge on any atom is -0.503 e. The zero-order valence-electron chi connectivity index (χ0n) is 18.6. The third-order valence-electron chi connectivity index (χ3n) is 6.16. The molecule has 174 valence electrons. The van der Waals surface area contributed by atoms with Crippen LogP contribution in [0.2, 0.25) is 0 Å². The van der Waals surface area contributed by atoms with E-state index in [2.05, 4.69) is 0 Å². The van der Waals surface area contributed by atoms with Crippen LogP contribution < -0.4 is 4.74 Å². The van der Waals surface area contributed by atoms with Crippen LogP contribution in [0.5, 0.6) is 5.75 Å². The van der Waals surface area contributed by atoms with Gasteiger partial charge in [-0.1, -0.05) is 42.5 Å². The molecule has 2 aliphatic heterocycles. The third kappa shape index (κ3) is 4.34. The molecule has 3 heterocycles. The molecule has 1 saturated heterocycles. The van der Waals surface area contributed by atoms with Gasteiger partial charge in [0.15, 0.2) is 11.5 Å². The Kier molecular flexibility index (Phi) is 6.18. The molecule has 0 saturated carbocycles. The Hall–Kier alpha value is -3.84. The number of furan rings is 1. The number of aliphatic hydroxyl groups excluding tert-OH is 1. The van der Waals surface area contributed by atoms with Gasteiger partial charge in [-0.3, -0.25) is 9.59 Å². The van der Waals surface area contributed by atoms with E-state index >= 15 is 0 Å². The predicted octanol–water partition coefficient (Wildman–Crippen LogP) is 4.62. The van der Waals surface area contributed by atoms with Crippen molar-refractivity contribution in [2.75, 3.05) is 13.2 Å². The topological polar surface area (TPSA) is 89.2 Å². The number of amides is 1. The van der Waals surface area contributed by atoms with E-state index in [1.807, 2.05) is 42.5 Å². The summed E-state index contributed by atoms with van der Waals surface area (Å²) in [6.45, 7) is 1.35. The molecule has 1 N–H and O–H groups in total. The highest BCUT2D eigenvalue weighted by Crippen LogP contribution is 2.40. The van der Waals surface area contributed by atoms with Crippen LogP contribution in [0.1, 0.15) is 40.6 Å². The normalized spacial score (nSPS) is 20.2. The fourth-order valence-corrected chi connectivity index (χ4v) is 4.46. The summed E-state index contributed by atoms with van der Waals surface area (Å²) in [7, 11) is 0. The lowest BCUT2D eigenvalue weighted by Gasteiger charge is -2.28. The Labute approximate surface area is 197 Å². The Morgan fingerprint density at radius 1 is 1.06 bits per heavy atom. The number of Topliss-reactive ketones (excluding diaryl/α,β-unsaturated/α-hetero) is 1. The summed E-state index contributed by atoms with van der Waals surface area (Å²) in [5.74, 6) is -0.912. The molecule has 0 spiro atoms. The number of hydrogen-bond donors (Lipinski definition) is 1. The van der Waals surface area contributed by atoms with E-state index in [9.17, 15) is 14.7 Å². The Bertz CT molecular complexity index is 1180. The molecule has 2 atom stereocenters. The highest BCUT2D eigenvalue weighted by atomic mass is 16.5. The molecular formula is C27H25NO6. The molecule has 2 aliphatic rings. The van der Waals surface area contributed by atoms with Gasteiger partial charge in [0, 0.05) is 13.2 Å². The first kappa shape index (κ1) is 22.0. The number of rotatable bonds is 8. The van der Waals surface area contributed by atoms with Crippen LogP contribution in [0, 0.1) is 0 Å². The van der Waals surface area contributed by atoms with Crippen LogP contribution in [0.25, 0.3) is 0 Å². The summed E-state index contributed by atoms with van der Waals surface area (Å²) in [5, 5.41) is 10.7. The number of carbonyl (C=O) groups excluding carboxylic acids is 2. The lowest BCUT2D eigenvalue weighted by Crippen LogP contribution is -2.37. The maximum Gasteiger partial charge on any atom is 0.290 e. The molecule has 2 aromatic carbocycles. The number of ketones is 1. The molecule has 1 aromatic heterocycles. The Morgan fingerprint density at radius 3 is 2.53 bits per heavy atom. The highest BCUT2D eigenvalue weighted by molar-refractivity contribution is 6.15. The van der Waals surface area contributed by atoms with Crippen LogP contribution in [0.4, 0.5) is 0 Å². The lowest BCUT2D eigenvalue weighted by atomic mass is 9.95. The minimum atomic E-state index is -0.752. The van der Waals surface area contributed by atoms with Gasteiger partial charge in [0.25, 0.3) is 5.91 Å². The second-order valence-corrected chi connectivity index (χ2v) is 8.41. The van der Waals surface area contributed by atoms with Gasteiger partial charge < -0.3 is 23.9 Å². The monoisotopic (exact) mass is 459 g/mol. The van der Waals surface area contributed by atoms with Crippen molar-refractivity contribution in [3.63, 3.8) is 0 Å². The Balaban J connectivity index is 1.43. The first-order valence-electron chi connectivity index (χ1n) is 11.3. The Morgan fingerprint density at radius 2 is 1.85 bits per heavy atom. The first-order chi connectivity index (χ1) is 16.6. The number of nitrogens with zero attached hydrogens (tertiary/aromatic N) is 1. The number of carbonyl (C=O) groups is 2. The number of hydrogen-bond acceptors (Lipinski definition) is 6. The summed E-state index contributed by atoms with van der Waals surface area (Å²) >= 11 is 0. The largest absolute Gasteiger partial charge is 0.503 e. The average Bonchev–Trinajstić information content (AvgIpc) is 3.63. The van der Waals surface area contributed by atoms with Crippen LogP contribution >= 0.6 is 0 Å². The van der Waals surface area contributed by atoms with Gasteiger partial charge in [-0.05, 0) is 48.2 Å². The van der Waals surface area contributed by atoms with Crippen molar-refractivity contribution < 1.29 is 28.6 Å². The van der Waals surface area contributed by atoms with Crippen molar-refractivity contribution in [2.24, 2.45) is 0 Å². The second-order valence-electron chi connectivity index (χ2n) is 8.41. The smallest absolute Gasteiger partial charge is 0.290 e. The van der Waals surface area contributed by atoms with Crippen molar-refractivity contribution >= 4 is 11.7 Å². The molecule has 3 aromatic rings.